The van der Waals surface area contributed by atoms with Crippen LogP contribution in [0, 0.1) is 0 Å². The van der Waals surface area contributed by atoms with E-state index in [1.807, 2.05) is 0 Å². The first-order valence-corrected chi connectivity index (χ1v) is 20.6. The minimum Gasteiger partial charge on any atom is -0.394 e. The molecule has 9 unspecified atom stereocenters. The lowest BCUT2D eigenvalue weighted by Gasteiger charge is -2.40. The maximum atomic E-state index is 13.0. The summed E-state index contributed by atoms with van der Waals surface area (Å²) in [5, 5.41) is 75.1. The second-order valence-electron chi connectivity index (χ2n) is 14.7. The predicted molar refractivity (Wildman–Crippen MR) is 201 cm³/mol. The maximum Gasteiger partial charge on any atom is 0.249 e. The highest BCUT2D eigenvalue weighted by atomic mass is 16.7. The highest BCUT2D eigenvalue weighted by molar-refractivity contribution is 5.80. The van der Waals surface area contributed by atoms with Gasteiger partial charge in [-0.15, -0.1) is 0 Å². The highest BCUT2D eigenvalue weighted by Crippen LogP contribution is 2.23. The Balaban J connectivity index is 2.48. The number of rotatable bonds is 33. The lowest BCUT2D eigenvalue weighted by Crippen LogP contribution is -2.60. The third kappa shape index (κ3) is 22.0. The van der Waals surface area contributed by atoms with Gasteiger partial charge in [0.05, 0.1) is 25.4 Å². The molecule has 0 spiro atoms. The normalized spacial score (nSPS) is 23.4. The number of allylic oxidation sites excluding steroid dienone is 2. The van der Waals surface area contributed by atoms with Crippen molar-refractivity contribution in [2.24, 2.45) is 0 Å². The number of ether oxygens (including phenoxy) is 2. The van der Waals surface area contributed by atoms with E-state index in [0.29, 0.717) is 12.8 Å². The Labute approximate surface area is 309 Å². The lowest BCUT2D eigenvalue weighted by molar-refractivity contribution is -0.303. The van der Waals surface area contributed by atoms with Crippen molar-refractivity contribution in [2.75, 3.05) is 13.2 Å². The summed E-state index contributed by atoms with van der Waals surface area (Å²) in [5.74, 6) is -0.709. The summed E-state index contributed by atoms with van der Waals surface area (Å²) in [6.45, 7) is 3.34. The molecule has 0 bridgehead atoms. The van der Waals surface area contributed by atoms with Crippen LogP contribution in [0.3, 0.4) is 0 Å². The van der Waals surface area contributed by atoms with E-state index in [1.165, 1.54) is 83.5 Å². The summed E-state index contributed by atoms with van der Waals surface area (Å²) < 4.78 is 11.0. The first-order valence-electron chi connectivity index (χ1n) is 20.6. The first kappa shape index (κ1) is 47.9. The molecule has 1 aliphatic heterocycles. The van der Waals surface area contributed by atoms with Crippen molar-refractivity contribution in [3.63, 3.8) is 0 Å². The number of amides is 1. The van der Waals surface area contributed by atoms with Crippen molar-refractivity contribution in [3.8, 4) is 0 Å². The third-order valence-corrected chi connectivity index (χ3v) is 10.1. The summed E-state index contributed by atoms with van der Waals surface area (Å²) in [6, 6.07) is -1.18. The van der Waals surface area contributed by atoms with Crippen LogP contribution in [-0.2, 0) is 14.3 Å². The summed E-state index contributed by atoms with van der Waals surface area (Å²) in [7, 11) is 0. The molecule has 1 saturated heterocycles. The SMILES string of the molecule is CCCCC/C=C/CCCC(O)C(O)C(COC1OC(CO)C(O)C(O)C1O)NC(=O)C(O)CCCCCCCCCCCCCCCCCC. The van der Waals surface area contributed by atoms with Crippen LogP contribution >= 0.6 is 0 Å². The molecule has 1 aliphatic rings. The minimum absolute atomic E-state index is 0.258. The molecular weight excluding hydrogens is 654 g/mol. The number of aliphatic hydroxyl groups excluding tert-OH is 7. The highest BCUT2D eigenvalue weighted by Gasteiger charge is 2.44. The van der Waals surface area contributed by atoms with E-state index >= 15 is 0 Å². The predicted octanol–water partition coefficient (Wildman–Crippen LogP) is 5.33. The van der Waals surface area contributed by atoms with Gasteiger partial charge < -0.3 is 50.5 Å². The molecule has 0 aromatic heterocycles. The van der Waals surface area contributed by atoms with Gasteiger partial charge in [-0.3, -0.25) is 4.79 Å². The zero-order valence-corrected chi connectivity index (χ0v) is 32.1. The number of carbonyl (C=O) groups excluding carboxylic acids is 1. The molecule has 0 saturated carbocycles. The molecular formula is C40H77NO10. The summed E-state index contributed by atoms with van der Waals surface area (Å²) >= 11 is 0. The van der Waals surface area contributed by atoms with Gasteiger partial charge in [0.2, 0.25) is 5.91 Å². The summed E-state index contributed by atoms with van der Waals surface area (Å²) in [4.78, 5) is 13.0. The molecule has 1 heterocycles. The lowest BCUT2D eigenvalue weighted by atomic mass is 9.98. The Morgan fingerprint density at radius 1 is 0.667 bits per heavy atom. The second kappa shape index (κ2) is 31.2. The quantitative estimate of drug-likeness (QED) is 0.0324. The van der Waals surface area contributed by atoms with E-state index in [2.05, 4.69) is 31.3 Å². The molecule has 9 atom stereocenters. The van der Waals surface area contributed by atoms with E-state index in [4.69, 9.17) is 9.47 Å². The van der Waals surface area contributed by atoms with Crippen LogP contribution < -0.4 is 5.32 Å². The number of nitrogens with one attached hydrogen (secondary N) is 1. The van der Waals surface area contributed by atoms with E-state index in [9.17, 15) is 40.5 Å². The Morgan fingerprint density at radius 3 is 1.69 bits per heavy atom. The fourth-order valence-electron chi connectivity index (χ4n) is 6.56. The van der Waals surface area contributed by atoms with Crippen molar-refractivity contribution in [1.82, 2.24) is 5.32 Å². The number of carbonyl (C=O) groups is 1. The van der Waals surface area contributed by atoms with Gasteiger partial charge in [-0.1, -0.05) is 142 Å². The number of hydrogen-bond donors (Lipinski definition) is 8. The van der Waals surface area contributed by atoms with Crippen molar-refractivity contribution in [1.29, 1.82) is 0 Å². The van der Waals surface area contributed by atoms with Crippen LogP contribution in [0.4, 0.5) is 0 Å². The largest absolute Gasteiger partial charge is 0.394 e. The van der Waals surface area contributed by atoms with Crippen molar-refractivity contribution in [2.45, 2.75) is 223 Å². The Bertz CT molecular complexity index is 846. The molecule has 8 N–H and O–H groups in total. The van der Waals surface area contributed by atoms with E-state index in [-0.39, 0.29) is 12.8 Å². The second-order valence-corrected chi connectivity index (χ2v) is 14.7. The monoisotopic (exact) mass is 732 g/mol. The number of aliphatic hydroxyl groups is 7. The molecule has 51 heavy (non-hydrogen) atoms. The fraction of sp³-hybridized carbons (Fsp3) is 0.925. The van der Waals surface area contributed by atoms with Crippen molar-refractivity contribution < 1.29 is 50.0 Å². The van der Waals surface area contributed by atoms with Crippen LogP contribution in [0.5, 0.6) is 0 Å². The van der Waals surface area contributed by atoms with Crippen LogP contribution in [0.2, 0.25) is 0 Å². The molecule has 11 nitrogen and oxygen atoms in total. The summed E-state index contributed by atoms with van der Waals surface area (Å²) in [5.41, 5.74) is 0. The van der Waals surface area contributed by atoms with Crippen LogP contribution in [-0.4, -0.2) is 110 Å². The topological polar surface area (TPSA) is 189 Å². The fourth-order valence-corrected chi connectivity index (χ4v) is 6.56. The Morgan fingerprint density at radius 2 is 1.16 bits per heavy atom. The standard InChI is InChI=1S/C40H77NO10/c1-3-5-7-9-11-13-14-15-16-17-18-19-20-22-24-26-28-33(44)39(49)41-31(30-50-40-38(48)37(47)36(46)34(29-42)51-40)35(45)32(43)27-25-23-21-12-10-8-6-4-2/h12,21,31-38,40,42-48H,3-11,13-20,22-30H2,1-2H3,(H,41,49)/b21-12+. The van der Waals surface area contributed by atoms with Crippen LogP contribution in [0.25, 0.3) is 0 Å². The van der Waals surface area contributed by atoms with Gasteiger partial charge in [-0.05, 0) is 38.5 Å². The number of hydrogen-bond acceptors (Lipinski definition) is 10. The minimum atomic E-state index is -1.66. The molecule has 1 amide bonds. The van der Waals surface area contributed by atoms with E-state index < -0.39 is 74.2 Å². The van der Waals surface area contributed by atoms with Gasteiger partial charge >= 0.3 is 0 Å². The van der Waals surface area contributed by atoms with Crippen LogP contribution in [0.1, 0.15) is 168 Å². The smallest absolute Gasteiger partial charge is 0.249 e. The zero-order valence-electron chi connectivity index (χ0n) is 32.1. The molecule has 0 aliphatic carbocycles. The van der Waals surface area contributed by atoms with Gasteiger partial charge in [0.1, 0.15) is 36.6 Å². The maximum absolute atomic E-state index is 13.0. The molecule has 302 valence electrons. The van der Waals surface area contributed by atoms with Gasteiger partial charge in [0.25, 0.3) is 0 Å². The Hall–Kier alpha value is -1.15. The van der Waals surface area contributed by atoms with Crippen molar-refractivity contribution in [3.05, 3.63) is 12.2 Å². The average molecular weight is 732 g/mol. The molecule has 0 aromatic carbocycles. The van der Waals surface area contributed by atoms with Gasteiger partial charge in [-0.2, -0.15) is 0 Å². The average Bonchev–Trinajstić information content (AvgIpc) is 3.13. The van der Waals surface area contributed by atoms with Crippen LogP contribution in [0.15, 0.2) is 12.2 Å². The van der Waals surface area contributed by atoms with E-state index in [0.717, 1.165) is 44.9 Å². The molecule has 1 rings (SSSR count). The number of unbranched alkanes of at least 4 members (excludes halogenated alkanes) is 19. The zero-order chi connectivity index (χ0) is 37.7. The molecule has 0 radical (unpaired) electrons. The first-order chi connectivity index (χ1) is 24.7. The Kier molecular flexibility index (Phi) is 29.3. The van der Waals surface area contributed by atoms with Gasteiger partial charge in [0, 0.05) is 0 Å². The molecule has 0 aromatic rings. The van der Waals surface area contributed by atoms with Crippen molar-refractivity contribution >= 4 is 5.91 Å². The van der Waals surface area contributed by atoms with Gasteiger partial charge in [-0.25, -0.2) is 0 Å². The summed E-state index contributed by atoms with van der Waals surface area (Å²) in [6.07, 6.45) is 18.6. The molecule has 11 heteroatoms. The van der Waals surface area contributed by atoms with Gasteiger partial charge in [0.15, 0.2) is 6.29 Å². The third-order valence-electron chi connectivity index (χ3n) is 10.1. The molecule has 1 fully saturated rings. The van der Waals surface area contributed by atoms with E-state index in [1.54, 1.807) is 0 Å².